The summed E-state index contributed by atoms with van der Waals surface area (Å²) in [4.78, 5) is 62.5. The number of amides is 4. The molecule has 14 nitrogen and oxygen atoms in total. The number of carbonyl (C=O) groups excluding carboxylic acids is 4. The van der Waals surface area contributed by atoms with Crippen LogP contribution in [-0.4, -0.2) is 95.3 Å². The van der Waals surface area contributed by atoms with Crippen LogP contribution < -0.4 is 24.8 Å². The van der Waals surface area contributed by atoms with Crippen molar-refractivity contribution >= 4 is 44.6 Å². The number of rotatable bonds is 10. The molecule has 6 rings (SSSR count). The van der Waals surface area contributed by atoms with Gasteiger partial charge in [0.25, 0.3) is 11.8 Å². The van der Waals surface area contributed by atoms with E-state index in [1.807, 2.05) is 50.3 Å². The Labute approximate surface area is 338 Å². The largest absolute Gasteiger partial charge is 0.478 e. The molecule has 3 fully saturated rings. The minimum absolute atomic E-state index is 0.0215. The summed E-state index contributed by atoms with van der Waals surface area (Å²) in [6, 6.07) is 6.53. The highest BCUT2D eigenvalue weighted by Crippen LogP contribution is 2.48. The standard InChI is InChI=1S/C41H55F2N5O9S/c1-8-55-31-20-26-14-10-12-16-29(26)34(44-31)56-28-21-30-33(49)46-41(36(51)47-58(53,54)39(6)17-18-39)22-27(41)15-11-9-13-24(2)19-25(3)32(35(50)48(30)23-28)45-37(52)57-38(4,5)40(7,42)43/h10-12,14-16,20,24-25,27-28,30,32H,8-9,13,17-19,21-23H2,1-7H3,(H,45,52)(H,46,49)(H,47,51)/b15-11-/t24-,25+,27+,28+,30-,32-,41+/m0/s1. The van der Waals surface area contributed by atoms with Crippen LogP contribution in [0.15, 0.2) is 42.5 Å². The van der Waals surface area contributed by atoms with Crippen LogP contribution in [0, 0.1) is 17.8 Å². The SMILES string of the molecule is CCOc1cc2ccccc2c(O[C@@H]2C[C@H]3C(=O)N[C@]4(C(=O)NS(=O)(=O)C5(C)CC5)C[C@H]4/C=C\CC[C@H](C)C[C@@H](C)[C@H](NC(=O)OC(C)(C)C(C)(F)F)C(=O)N3C2)n1. The van der Waals surface area contributed by atoms with E-state index in [-0.39, 0.29) is 31.2 Å². The molecule has 2 aromatic rings. The Hall–Kier alpha value is -4.54. The lowest BCUT2D eigenvalue weighted by atomic mass is 9.88. The number of ether oxygens (including phenoxy) is 3. The van der Waals surface area contributed by atoms with Gasteiger partial charge in [-0.15, -0.1) is 0 Å². The predicted molar refractivity (Wildman–Crippen MR) is 211 cm³/mol. The van der Waals surface area contributed by atoms with E-state index in [0.29, 0.717) is 56.9 Å². The molecule has 58 heavy (non-hydrogen) atoms. The Morgan fingerprint density at radius 3 is 2.48 bits per heavy atom. The lowest BCUT2D eigenvalue weighted by Gasteiger charge is -2.35. The van der Waals surface area contributed by atoms with Gasteiger partial charge in [0.2, 0.25) is 33.6 Å². The quantitative estimate of drug-likeness (QED) is 0.263. The van der Waals surface area contributed by atoms with E-state index in [9.17, 15) is 36.4 Å². The molecule has 2 aliphatic heterocycles. The highest BCUT2D eigenvalue weighted by molar-refractivity contribution is 7.91. The average Bonchev–Trinajstić information content (AvgIpc) is 4.01. The van der Waals surface area contributed by atoms with Crippen molar-refractivity contribution in [1.29, 1.82) is 0 Å². The number of carbonyl (C=O) groups is 4. The molecule has 4 amide bonds. The van der Waals surface area contributed by atoms with E-state index in [2.05, 4.69) is 20.3 Å². The Bertz CT molecular complexity index is 2070. The minimum atomic E-state index is -4.06. The first-order chi connectivity index (χ1) is 27.1. The fourth-order valence-electron chi connectivity index (χ4n) is 7.69. The number of halogens is 2. The van der Waals surface area contributed by atoms with Crippen LogP contribution in [0.2, 0.25) is 0 Å². The van der Waals surface area contributed by atoms with Gasteiger partial charge >= 0.3 is 6.09 Å². The van der Waals surface area contributed by atoms with E-state index >= 15 is 0 Å². The third kappa shape index (κ3) is 8.88. The van der Waals surface area contributed by atoms with Crippen LogP contribution in [0.1, 0.15) is 93.4 Å². The van der Waals surface area contributed by atoms with Gasteiger partial charge in [0.05, 0.1) is 17.9 Å². The number of hydrogen-bond acceptors (Lipinski definition) is 10. The van der Waals surface area contributed by atoms with Crippen molar-refractivity contribution in [2.75, 3.05) is 13.2 Å². The number of fused-ring (bicyclic) bond motifs is 3. The summed E-state index contributed by atoms with van der Waals surface area (Å²) < 4.78 is 73.7. The van der Waals surface area contributed by atoms with Crippen molar-refractivity contribution < 1.29 is 50.6 Å². The molecule has 2 saturated carbocycles. The molecule has 3 N–H and O–H groups in total. The maximum atomic E-state index is 14.9. The van der Waals surface area contributed by atoms with Gasteiger partial charge in [-0.25, -0.2) is 22.0 Å². The lowest BCUT2D eigenvalue weighted by Crippen LogP contribution is -2.59. The first kappa shape index (κ1) is 43.0. The number of nitrogens with zero attached hydrogens (tertiary/aromatic N) is 2. The van der Waals surface area contributed by atoms with Crippen LogP contribution in [0.25, 0.3) is 10.8 Å². The maximum absolute atomic E-state index is 14.9. The molecule has 0 unspecified atom stereocenters. The van der Waals surface area contributed by atoms with Crippen molar-refractivity contribution in [3.05, 3.63) is 42.5 Å². The first-order valence-corrected chi connectivity index (χ1v) is 21.5. The second-order valence-electron chi connectivity index (χ2n) is 17.3. The topological polar surface area (TPSA) is 182 Å². The van der Waals surface area contributed by atoms with Crippen molar-refractivity contribution in [2.24, 2.45) is 17.8 Å². The molecule has 2 aliphatic carbocycles. The second kappa shape index (κ2) is 15.9. The van der Waals surface area contributed by atoms with E-state index in [0.717, 1.165) is 19.2 Å². The zero-order chi connectivity index (χ0) is 42.4. The van der Waals surface area contributed by atoms with Crippen LogP contribution in [0.3, 0.4) is 0 Å². The molecule has 0 spiro atoms. The summed E-state index contributed by atoms with van der Waals surface area (Å²) in [5, 5.41) is 6.82. The normalized spacial score (nSPS) is 29.4. The number of sulfonamides is 1. The van der Waals surface area contributed by atoms with Crippen LogP contribution in [-0.2, 0) is 29.1 Å². The van der Waals surface area contributed by atoms with Crippen LogP contribution >= 0.6 is 0 Å². The third-order valence-electron chi connectivity index (χ3n) is 12.2. The van der Waals surface area contributed by atoms with E-state index in [1.54, 1.807) is 19.9 Å². The molecule has 1 saturated heterocycles. The Kier molecular flexibility index (Phi) is 11.8. The number of aromatic nitrogens is 1. The van der Waals surface area contributed by atoms with Crippen molar-refractivity contribution in [3.63, 3.8) is 0 Å². The first-order valence-electron chi connectivity index (χ1n) is 20.0. The summed E-state index contributed by atoms with van der Waals surface area (Å²) in [5.74, 6) is -6.23. The van der Waals surface area contributed by atoms with Gasteiger partial charge in [-0.2, -0.15) is 4.98 Å². The van der Waals surface area contributed by atoms with Crippen molar-refractivity contribution in [2.45, 2.75) is 133 Å². The van der Waals surface area contributed by atoms with E-state index in [1.165, 1.54) is 4.90 Å². The lowest BCUT2D eigenvalue weighted by molar-refractivity contribution is -0.152. The molecule has 7 atom stereocenters. The molecule has 0 bridgehead atoms. The number of hydrogen-bond donors (Lipinski definition) is 3. The Balaban J connectivity index is 1.36. The fraction of sp³-hybridized carbons (Fsp3) is 0.634. The Morgan fingerprint density at radius 2 is 1.81 bits per heavy atom. The molecule has 4 aliphatic rings. The monoisotopic (exact) mass is 831 g/mol. The van der Waals surface area contributed by atoms with Crippen LogP contribution in [0.4, 0.5) is 13.6 Å². The van der Waals surface area contributed by atoms with Crippen LogP contribution in [0.5, 0.6) is 11.8 Å². The minimum Gasteiger partial charge on any atom is -0.478 e. The van der Waals surface area contributed by atoms with Gasteiger partial charge in [-0.1, -0.05) is 44.2 Å². The number of alkyl halides is 2. The Morgan fingerprint density at radius 1 is 1.10 bits per heavy atom. The van der Waals surface area contributed by atoms with Gasteiger partial charge in [0.15, 0.2) is 5.60 Å². The highest BCUT2D eigenvalue weighted by atomic mass is 32.2. The van der Waals surface area contributed by atoms with Gasteiger partial charge < -0.3 is 29.7 Å². The van der Waals surface area contributed by atoms with Gasteiger partial charge in [-0.05, 0) is 89.5 Å². The summed E-state index contributed by atoms with van der Waals surface area (Å²) in [5.41, 5.74) is -3.83. The number of allylic oxidation sites excluding steroid dienone is 1. The molecule has 17 heteroatoms. The third-order valence-corrected chi connectivity index (χ3v) is 14.3. The fourth-order valence-corrected chi connectivity index (χ4v) is 9.00. The summed E-state index contributed by atoms with van der Waals surface area (Å²) >= 11 is 0. The zero-order valence-electron chi connectivity index (χ0n) is 34.1. The smallest absolute Gasteiger partial charge is 0.408 e. The summed E-state index contributed by atoms with van der Waals surface area (Å²) in [7, 11) is -4.06. The van der Waals surface area contributed by atoms with Crippen molar-refractivity contribution in [1.82, 2.24) is 25.2 Å². The second-order valence-corrected chi connectivity index (χ2v) is 19.5. The maximum Gasteiger partial charge on any atom is 0.408 e. The van der Waals surface area contributed by atoms with Crippen molar-refractivity contribution in [3.8, 4) is 11.8 Å². The van der Waals surface area contributed by atoms with Gasteiger partial charge in [-0.3, -0.25) is 19.1 Å². The van der Waals surface area contributed by atoms with Gasteiger partial charge in [0.1, 0.15) is 23.7 Å². The molecule has 1 aromatic heterocycles. The number of benzene rings is 1. The van der Waals surface area contributed by atoms with E-state index < -0.39 is 85.7 Å². The molecule has 1 aromatic carbocycles. The average molecular weight is 832 g/mol. The van der Waals surface area contributed by atoms with E-state index in [4.69, 9.17) is 14.2 Å². The highest BCUT2D eigenvalue weighted by Gasteiger charge is 2.63. The number of nitrogens with one attached hydrogen (secondary N) is 3. The number of alkyl carbamates (subject to hydrolysis) is 1. The molecule has 0 radical (unpaired) electrons. The number of pyridine rings is 1. The molecule has 3 heterocycles. The molecule has 318 valence electrons. The summed E-state index contributed by atoms with van der Waals surface area (Å²) in [6.07, 6.45) is 4.19. The summed E-state index contributed by atoms with van der Waals surface area (Å²) in [6.45, 7) is 10.1. The predicted octanol–water partition coefficient (Wildman–Crippen LogP) is 5.40. The zero-order valence-corrected chi connectivity index (χ0v) is 34.9. The molecular formula is C41H55F2N5O9S. The molecular weight excluding hydrogens is 777 g/mol. The van der Waals surface area contributed by atoms with Gasteiger partial charge in [0, 0.05) is 30.7 Å².